The van der Waals surface area contributed by atoms with Gasteiger partial charge in [-0.15, -0.1) is 0 Å². The van der Waals surface area contributed by atoms with Crippen LogP contribution < -0.4 is 24.8 Å². The second kappa shape index (κ2) is 30.6. The second-order valence-corrected chi connectivity index (χ2v) is 4.02. The molecule has 0 fully saturated rings. The Morgan fingerprint density at radius 2 is 0.522 bits per heavy atom. The molecule has 11 heteroatoms. The van der Waals surface area contributed by atoms with Gasteiger partial charge in [-0.1, -0.05) is 0 Å². The first-order chi connectivity index (χ1) is 9.69. The van der Waals surface area contributed by atoms with E-state index in [2.05, 4.69) is 0 Å². The number of aliphatic hydroxyl groups is 6. The second-order valence-electron chi connectivity index (χ2n) is 4.02. The van der Waals surface area contributed by atoms with E-state index in [1.807, 2.05) is 0 Å². The molecule has 0 saturated carbocycles. The van der Waals surface area contributed by atoms with E-state index < -0.39 is 0 Å². The molecule has 0 aromatic heterocycles. The van der Waals surface area contributed by atoms with Crippen molar-refractivity contribution in [3.63, 3.8) is 0 Å². The molecule has 23 heavy (non-hydrogen) atoms. The number of hydrogen-bond donors (Lipinski definition) is 6. The molecule has 0 radical (unpaired) electrons. The van der Waals surface area contributed by atoms with Crippen molar-refractivity contribution in [2.24, 2.45) is 0 Å². The number of hydrogen-bond acceptors (Lipinski definition) is 8. The van der Waals surface area contributed by atoms with Crippen LogP contribution in [-0.2, 0) is 16.5 Å². The van der Waals surface area contributed by atoms with Crippen molar-refractivity contribution >= 4 is 0 Å². The monoisotopic (exact) mass is 426 g/mol. The molecule has 0 heterocycles. The van der Waals surface area contributed by atoms with Crippen LogP contribution in [0.5, 0.6) is 0 Å². The SMILES string of the molecule is OCCN(CCO)CCO.OCCN(CCO)CCO.[Cl-].[Cl-].[Ni+2]. The zero-order valence-corrected chi connectivity index (χ0v) is 15.6. The van der Waals surface area contributed by atoms with E-state index in [1.54, 1.807) is 9.80 Å². The fraction of sp³-hybridized carbons (Fsp3) is 1.00. The van der Waals surface area contributed by atoms with Gasteiger partial charge >= 0.3 is 16.5 Å². The van der Waals surface area contributed by atoms with Crippen LogP contribution >= 0.6 is 0 Å². The largest absolute Gasteiger partial charge is 2.00 e. The Labute approximate surface area is 160 Å². The summed E-state index contributed by atoms with van der Waals surface area (Å²) in [5.41, 5.74) is 0. The minimum Gasteiger partial charge on any atom is -1.00 e. The molecule has 0 rings (SSSR count). The van der Waals surface area contributed by atoms with Crippen LogP contribution in [-0.4, -0.2) is 119 Å². The van der Waals surface area contributed by atoms with Crippen molar-refractivity contribution in [1.82, 2.24) is 9.80 Å². The molecule has 0 unspecified atom stereocenters. The van der Waals surface area contributed by atoms with Crippen molar-refractivity contribution in [1.29, 1.82) is 0 Å². The van der Waals surface area contributed by atoms with Gasteiger partial charge in [0, 0.05) is 39.3 Å². The van der Waals surface area contributed by atoms with Crippen molar-refractivity contribution in [2.45, 2.75) is 0 Å². The minimum absolute atomic E-state index is 0. The predicted molar refractivity (Wildman–Crippen MR) is 75.4 cm³/mol. The maximum atomic E-state index is 8.48. The van der Waals surface area contributed by atoms with E-state index in [0.717, 1.165) is 0 Å². The zero-order chi connectivity index (χ0) is 15.6. The average molecular weight is 428 g/mol. The topological polar surface area (TPSA) is 128 Å². The molecule has 0 spiro atoms. The standard InChI is InChI=1S/2C6H15NO3.2ClH.Ni/c2*8-4-1-7(2-5-9)3-6-10;;;/h2*8-10H,1-6H2;2*1H;/q;;;;+2/p-2. The average Bonchev–Trinajstić information content (AvgIpc) is 2.41. The predicted octanol–water partition coefficient (Wildman–Crippen LogP) is -9.46. The molecule has 0 aromatic carbocycles. The van der Waals surface area contributed by atoms with E-state index in [-0.39, 0.29) is 80.9 Å². The van der Waals surface area contributed by atoms with E-state index in [9.17, 15) is 0 Å². The maximum absolute atomic E-state index is 8.48. The van der Waals surface area contributed by atoms with Crippen molar-refractivity contribution in [3.8, 4) is 0 Å². The molecule has 148 valence electrons. The van der Waals surface area contributed by atoms with Crippen LogP contribution in [0.25, 0.3) is 0 Å². The molecular weight excluding hydrogens is 398 g/mol. The number of halogens is 2. The smallest absolute Gasteiger partial charge is 1.00 e. The quantitative estimate of drug-likeness (QED) is 0.169. The van der Waals surface area contributed by atoms with Crippen molar-refractivity contribution in [2.75, 3.05) is 78.9 Å². The summed E-state index contributed by atoms with van der Waals surface area (Å²) >= 11 is 0. The van der Waals surface area contributed by atoms with Crippen LogP contribution in [0.4, 0.5) is 0 Å². The van der Waals surface area contributed by atoms with Gasteiger partial charge in [-0.3, -0.25) is 9.80 Å². The molecule has 0 aliphatic rings. The third-order valence-electron chi connectivity index (χ3n) is 2.50. The molecule has 0 aliphatic heterocycles. The van der Waals surface area contributed by atoms with Crippen LogP contribution in [0.3, 0.4) is 0 Å². The first-order valence-electron chi connectivity index (χ1n) is 6.79. The van der Waals surface area contributed by atoms with Gasteiger partial charge < -0.3 is 55.5 Å². The summed E-state index contributed by atoms with van der Waals surface area (Å²) in [6, 6.07) is 0. The molecule has 0 aliphatic carbocycles. The normalized spacial score (nSPS) is 9.39. The molecule has 6 N–H and O–H groups in total. The number of nitrogens with zero attached hydrogens (tertiary/aromatic N) is 2. The van der Waals surface area contributed by atoms with Crippen molar-refractivity contribution < 1.29 is 71.9 Å². The summed E-state index contributed by atoms with van der Waals surface area (Å²) in [5.74, 6) is 0. The third-order valence-corrected chi connectivity index (χ3v) is 2.50. The molecule has 8 nitrogen and oxygen atoms in total. The summed E-state index contributed by atoms with van der Waals surface area (Å²) in [6.45, 7) is 3.51. The van der Waals surface area contributed by atoms with E-state index in [0.29, 0.717) is 39.3 Å². The minimum atomic E-state index is 0. The summed E-state index contributed by atoms with van der Waals surface area (Å²) < 4.78 is 0. The van der Waals surface area contributed by atoms with Gasteiger partial charge in [0.05, 0.1) is 39.6 Å². The molecule has 0 aromatic rings. The zero-order valence-electron chi connectivity index (χ0n) is 13.1. The summed E-state index contributed by atoms with van der Waals surface area (Å²) in [6.07, 6.45) is 0. The van der Waals surface area contributed by atoms with Gasteiger partial charge in [0.15, 0.2) is 0 Å². The first-order valence-corrected chi connectivity index (χ1v) is 6.79. The fourth-order valence-electron chi connectivity index (χ4n) is 1.52. The third kappa shape index (κ3) is 27.9. The van der Waals surface area contributed by atoms with Gasteiger partial charge in [-0.25, -0.2) is 0 Å². The Balaban J connectivity index is -0.0000000831. The van der Waals surface area contributed by atoms with Gasteiger partial charge in [0.2, 0.25) is 0 Å². The summed E-state index contributed by atoms with van der Waals surface area (Å²) in [5, 5.41) is 50.9. The fourth-order valence-corrected chi connectivity index (χ4v) is 1.52. The Kier molecular flexibility index (Phi) is 46.5. The van der Waals surface area contributed by atoms with Crippen LogP contribution in [0, 0.1) is 0 Å². The van der Waals surface area contributed by atoms with Gasteiger partial charge in [-0.2, -0.15) is 0 Å². The number of rotatable bonds is 12. The van der Waals surface area contributed by atoms with Gasteiger partial charge in [-0.05, 0) is 0 Å². The molecule has 0 bridgehead atoms. The van der Waals surface area contributed by atoms with E-state index in [1.165, 1.54) is 0 Å². The Bertz CT molecular complexity index is 145. The molecular formula is C12H30Cl2N2NiO6. The van der Waals surface area contributed by atoms with Crippen molar-refractivity contribution in [3.05, 3.63) is 0 Å². The molecule has 0 saturated heterocycles. The molecule has 0 amide bonds. The maximum Gasteiger partial charge on any atom is 2.00 e. The van der Waals surface area contributed by atoms with Crippen LogP contribution in [0.2, 0.25) is 0 Å². The summed E-state index contributed by atoms with van der Waals surface area (Å²) in [7, 11) is 0. The Morgan fingerprint density at radius 3 is 0.609 bits per heavy atom. The number of aliphatic hydroxyl groups excluding tert-OH is 6. The van der Waals surface area contributed by atoms with Gasteiger partial charge in [0.1, 0.15) is 0 Å². The van der Waals surface area contributed by atoms with E-state index in [4.69, 9.17) is 30.6 Å². The van der Waals surface area contributed by atoms with Gasteiger partial charge in [0.25, 0.3) is 0 Å². The van der Waals surface area contributed by atoms with E-state index >= 15 is 0 Å². The summed E-state index contributed by atoms with van der Waals surface area (Å²) in [4.78, 5) is 3.58. The Hall–Kier alpha value is 0.754. The Morgan fingerprint density at radius 1 is 0.391 bits per heavy atom. The van der Waals surface area contributed by atoms with Crippen LogP contribution in [0.15, 0.2) is 0 Å². The van der Waals surface area contributed by atoms with Crippen LogP contribution in [0.1, 0.15) is 0 Å². The molecule has 0 atom stereocenters. The first kappa shape index (κ1) is 35.0.